The van der Waals surface area contributed by atoms with Crippen LogP contribution in [-0.2, 0) is 16.1 Å². The van der Waals surface area contributed by atoms with E-state index in [1.807, 2.05) is 0 Å². The van der Waals surface area contributed by atoms with Gasteiger partial charge in [-0.25, -0.2) is 4.39 Å². The van der Waals surface area contributed by atoms with E-state index in [2.05, 4.69) is 0 Å². The Bertz CT molecular complexity index is 529. The highest BCUT2D eigenvalue weighted by molar-refractivity contribution is 5.83. The van der Waals surface area contributed by atoms with Gasteiger partial charge in [-0.2, -0.15) is 13.2 Å². The molecule has 0 bridgehead atoms. The molecule has 0 saturated carbocycles. The van der Waals surface area contributed by atoms with Gasteiger partial charge in [-0.3, -0.25) is 9.59 Å². The van der Waals surface area contributed by atoms with Crippen LogP contribution in [0.25, 0.3) is 0 Å². The smallest absolute Gasteiger partial charge is 0.337 e. The highest BCUT2D eigenvalue weighted by Gasteiger charge is 2.33. The molecule has 122 valence electrons. The molecule has 1 aromatic carbocycles. The number of alkyl halides is 3. The van der Waals surface area contributed by atoms with E-state index in [0.717, 1.165) is 17.0 Å². The van der Waals surface area contributed by atoms with Crippen LogP contribution < -0.4 is 0 Å². The van der Waals surface area contributed by atoms with Crippen LogP contribution in [0.15, 0.2) is 24.3 Å². The third kappa shape index (κ3) is 6.11. The van der Waals surface area contributed by atoms with Gasteiger partial charge in [0, 0.05) is 20.5 Å². The van der Waals surface area contributed by atoms with Crippen molar-refractivity contribution >= 4 is 11.8 Å². The van der Waals surface area contributed by atoms with Gasteiger partial charge in [0.05, 0.1) is 6.54 Å². The molecule has 0 aliphatic heterocycles. The number of hydrogen-bond acceptors (Lipinski definition) is 2. The monoisotopic (exact) mass is 320 g/mol. The van der Waals surface area contributed by atoms with E-state index in [0.29, 0.717) is 10.5 Å². The van der Waals surface area contributed by atoms with Gasteiger partial charge in [0.2, 0.25) is 11.8 Å². The van der Waals surface area contributed by atoms with Crippen molar-refractivity contribution in [3.05, 3.63) is 35.6 Å². The van der Waals surface area contributed by atoms with Crippen LogP contribution in [0.4, 0.5) is 17.6 Å². The first-order valence-electron chi connectivity index (χ1n) is 6.39. The van der Waals surface area contributed by atoms with Crippen molar-refractivity contribution in [3.8, 4) is 0 Å². The first-order valence-corrected chi connectivity index (χ1v) is 6.39. The zero-order valence-electron chi connectivity index (χ0n) is 12.2. The standard InChI is InChI=1S/C14H16F4N2O2/c1-10(21)19(2)8-13(22)20(9-14(16,17)18)7-11-3-5-12(15)6-4-11/h3-6H,7-9H2,1-2H3. The summed E-state index contributed by atoms with van der Waals surface area (Å²) >= 11 is 0. The predicted molar refractivity (Wildman–Crippen MR) is 71.2 cm³/mol. The average Bonchev–Trinajstić information content (AvgIpc) is 2.38. The van der Waals surface area contributed by atoms with Gasteiger partial charge < -0.3 is 9.80 Å². The highest BCUT2D eigenvalue weighted by atomic mass is 19.4. The van der Waals surface area contributed by atoms with Gasteiger partial charge in [0.1, 0.15) is 12.4 Å². The number of halogens is 4. The molecule has 0 aliphatic carbocycles. The first kappa shape index (κ1) is 17.9. The summed E-state index contributed by atoms with van der Waals surface area (Å²) in [6.07, 6.45) is -4.56. The van der Waals surface area contributed by atoms with Crippen molar-refractivity contribution in [3.63, 3.8) is 0 Å². The number of likely N-dealkylation sites (N-methyl/N-ethyl adjacent to an activating group) is 1. The van der Waals surface area contributed by atoms with Crippen molar-refractivity contribution in [1.82, 2.24) is 9.80 Å². The molecule has 0 aromatic heterocycles. The van der Waals surface area contributed by atoms with E-state index in [-0.39, 0.29) is 6.54 Å². The molecule has 0 unspecified atom stereocenters. The molecule has 4 nitrogen and oxygen atoms in total. The largest absolute Gasteiger partial charge is 0.406 e. The van der Waals surface area contributed by atoms with E-state index in [1.54, 1.807) is 0 Å². The summed E-state index contributed by atoms with van der Waals surface area (Å²) in [5.74, 6) is -1.78. The fraction of sp³-hybridized carbons (Fsp3) is 0.429. The van der Waals surface area contributed by atoms with Crippen LogP contribution in [0.5, 0.6) is 0 Å². The second-order valence-corrected chi connectivity index (χ2v) is 4.87. The molecule has 0 spiro atoms. The Kier molecular flexibility index (Phi) is 5.90. The number of rotatable bonds is 5. The average molecular weight is 320 g/mol. The molecule has 0 heterocycles. The highest BCUT2D eigenvalue weighted by Crippen LogP contribution is 2.18. The molecule has 0 N–H and O–H groups in total. The maximum atomic E-state index is 12.8. The third-order valence-corrected chi connectivity index (χ3v) is 2.92. The van der Waals surface area contributed by atoms with Crippen LogP contribution in [0.3, 0.4) is 0 Å². The summed E-state index contributed by atoms with van der Waals surface area (Å²) in [7, 11) is 1.32. The first-order chi connectivity index (χ1) is 10.1. The second kappa shape index (κ2) is 7.24. The summed E-state index contributed by atoms with van der Waals surface area (Å²) < 4.78 is 50.6. The van der Waals surface area contributed by atoms with Crippen molar-refractivity contribution in [1.29, 1.82) is 0 Å². The molecule has 0 atom stereocenters. The van der Waals surface area contributed by atoms with Gasteiger partial charge >= 0.3 is 6.18 Å². The Hall–Kier alpha value is -2.12. The molecule has 22 heavy (non-hydrogen) atoms. The Morgan fingerprint density at radius 3 is 2.14 bits per heavy atom. The quantitative estimate of drug-likeness (QED) is 0.781. The lowest BCUT2D eigenvalue weighted by Gasteiger charge is -2.26. The zero-order valence-corrected chi connectivity index (χ0v) is 12.2. The molecule has 1 aromatic rings. The molecule has 0 saturated heterocycles. The van der Waals surface area contributed by atoms with Gasteiger partial charge in [-0.15, -0.1) is 0 Å². The van der Waals surface area contributed by atoms with Gasteiger partial charge in [0.15, 0.2) is 0 Å². The van der Waals surface area contributed by atoms with Crippen molar-refractivity contribution < 1.29 is 27.2 Å². The molecule has 8 heteroatoms. The molecular weight excluding hydrogens is 304 g/mol. The van der Waals surface area contributed by atoms with E-state index < -0.39 is 36.9 Å². The number of carbonyl (C=O) groups is 2. The van der Waals surface area contributed by atoms with Gasteiger partial charge in [0.25, 0.3) is 0 Å². The zero-order chi connectivity index (χ0) is 16.9. The minimum absolute atomic E-state index is 0.315. The number of benzene rings is 1. The minimum atomic E-state index is -4.56. The Morgan fingerprint density at radius 1 is 1.14 bits per heavy atom. The molecule has 0 fully saturated rings. The number of carbonyl (C=O) groups excluding carboxylic acids is 2. The van der Waals surface area contributed by atoms with Crippen molar-refractivity contribution in [2.75, 3.05) is 20.1 Å². The molecule has 2 amide bonds. The SMILES string of the molecule is CC(=O)N(C)CC(=O)N(Cc1ccc(F)cc1)CC(F)(F)F. The summed E-state index contributed by atoms with van der Waals surface area (Å²) in [6, 6.07) is 4.82. The van der Waals surface area contributed by atoms with Crippen LogP contribution >= 0.6 is 0 Å². The molecule has 0 aliphatic rings. The summed E-state index contributed by atoms with van der Waals surface area (Å²) in [5, 5.41) is 0. The van der Waals surface area contributed by atoms with Gasteiger partial charge in [-0.1, -0.05) is 12.1 Å². The van der Waals surface area contributed by atoms with Crippen molar-refractivity contribution in [2.45, 2.75) is 19.6 Å². The maximum absolute atomic E-state index is 12.8. The molecular formula is C14H16F4N2O2. The number of amides is 2. The topological polar surface area (TPSA) is 40.6 Å². The van der Waals surface area contributed by atoms with Crippen molar-refractivity contribution in [2.24, 2.45) is 0 Å². The summed E-state index contributed by atoms with van der Waals surface area (Å²) in [5.41, 5.74) is 0.365. The predicted octanol–water partition coefficient (Wildman–Crippen LogP) is 2.19. The Morgan fingerprint density at radius 2 is 1.68 bits per heavy atom. The fourth-order valence-electron chi connectivity index (χ4n) is 1.67. The van der Waals surface area contributed by atoms with Gasteiger partial charge in [-0.05, 0) is 17.7 Å². The fourth-order valence-corrected chi connectivity index (χ4v) is 1.67. The van der Waals surface area contributed by atoms with E-state index in [1.165, 1.54) is 26.1 Å². The normalized spacial score (nSPS) is 11.2. The molecule has 0 radical (unpaired) electrons. The van der Waals surface area contributed by atoms with E-state index >= 15 is 0 Å². The third-order valence-electron chi connectivity index (χ3n) is 2.92. The van der Waals surface area contributed by atoms with E-state index in [9.17, 15) is 27.2 Å². The minimum Gasteiger partial charge on any atom is -0.337 e. The Balaban J connectivity index is 2.85. The van der Waals surface area contributed by atoms with Crippen LogP contribution in [0.1, 0.15) is 12.5 Å². The number of hydrogen-bond donors (Lipinski definition) is 0. The lowest BCUT2D eigenvalue weighted by molar-refractivity contribution is -0.163. The maximum Gasteiger partial charge on any atom is 0.406 e. The lowest BCUT2D eigenvalue weighted by Crippen LogP contribution is -2.44. The number of nitrogens with zero attached hydrogens (tertiary/aromatic N) is 2. The summed E-state index contributed by atoms with van der Waals surface area (Å²) in [6.45, 7) is -0.993. The Labute approximate surface area is 125 Å². The lowest BCUT2D eigenvalue weighted by atomic mass is 10.2. The molecule has 1 rings (SSSR count). The van der Waals surface area contributed by atoms with Crippen LogP contribution in [-0.4, -0.2) is 47.9 Å². The van der Waals surface area contributed by atoms with E-state index in [4.69, 9.17) is 0 Å². The van der Waals surface area contributed by atoms with Crippen LogP contribution in [0.2, 0.25) is 0 Å². The second-order valence-electron chi connectivity index (χ2n) is 4.87. The summed E-state index contributed by atoms with van der Waals surface area (Å²) in [4.78, 5) is 24.7. The van der Waals surface area contributed by atoms with Crippen LogP contribution in [0, 0.1) is 5.82 Å².